The van der Waals surface area contributed by atoms with Gasteiger partial charge in [-0.15, -0.1) is 0 Å². The van der Waals surface area contributed by atoms with Gasteiger partial charge in [0.2, 0.25) is 0 Å². The number of anilines is 1. The molecule has 1 atom stereocenters. The van der Waals surface area contributed by atoms with Crippen LogP contribution < -0.4 is 4.72 Å². The van der Waals surface area contributed by atoms with E-state index in [0.717, 1.165) is 0 Å². The molecule has 0 saturated carbocycles. The highest BCUT2D eigenvalue weighted by Gasteiger charge is 2.28. The van der Waals surface area contributed by atoms with Crippen molar-refractivity contribution in [3.8, 4) is 0 Å². The molecule has 0 bridgehead atoms. The number of aromatic amines is 1. The molecule has 0 radical (unpaired) electrons. The first kappa shape index (κ1) is 16.0. The van der Waals surface area contributed by atoms with Crippen LogP contribution in [0.25, 0.3) is 0 Å². The second kappa shape index (κ2) is 6.31. The van der Waals surface area contributed by atoms with E-state index in [0.29, 0.717) is 24.7 Å². The Morgan fingerprint density at radius 3 is 2.91 bits per heavy atom. The first-order chi connectivity index (χ1) is 11.0. The number of sulfonamides is 1. The average Bonchev–Trinajstić information content (AvgIpc) is 3.20. The van der Waals surface area contributed by atoms with Crippen molar-refractivity contribution >= 4 is 33.1 Å². The Hall–Kier alpha value is -1.90. The summed E-state index contributed by atoms with van der Waals surface area (Å²) in [5.74, 6) is -0.437. The second-order valence-electron chi connectivity index (χ2n) is 5.14. The van der Waals surface area contributed by atoms with Gasteiger partial charge in [0.15, 0.2) is 10.8 Å². The van der Waals surface area contributed by atoms with Gasteiger partial charge in [-0.2, -0.15) is 8.42 Å². The molecule has 1 unspecified atom stereocenters. The number of aromatic nitrogens is 2. The number of halogens is 1. The molecule has 0 amide bonds. The molecule has 23 heavy (non-hydrogen) atoms. The normalized spacial score (nSPS) is 18.0. The summed E-state index contributed by atoms with van der Waals surface area (Å²) in [6.45, 7) is 0.868. The largest absolute Gasteiger partial charge is 0.381 e. The molecule has 2 aromatic rings. The number of hydrogen-bond acceptors (Lipinski definition) is 5. The molecule has 122 valence electrons. The van der Waals surface area contributed by atoms with Crippen LogP contribution in [0.2, 0.25) is 5.02 Å². The highest BCUT2D eigenvalue weighted by Crippen LogP contribution is 2.28. The zero-order valence-electron chi connectivity index (χ0n) is 12.0. The van der Waals surface area contributed by atoms with Gasteiger partial charge in [-0.1, -0.05) is 11.6 Å². The molecule has 1 aliphatic rings. The number of ether oxygens (including phenoxy) is 1. The van der Waals surface area contributed by atoms with Gasteiger partial charge in [0.05, 0.1) is 24.8 Å². The minimum absolute atomic E-state index is 0.0972. The van der Waals surface area contributed by atoms with Crippen LogP contribution in [0.1, 0.15) is 16.8 Å². The maximum atomic E-state index is 12.6. The molecule has 9 heteroatoms. The van der Waals surface area contributed by atoms with Crippen LogP contribution >= 0.6 is 11.6 Å². The van der Waals surface area contributed by atoms with Crippen molar-refractivity contribution in [1.82, 2.24) is 9.97 Å². The van der Waals surface area contributed by atoms with E-state index in [9.17, 15) is 13.2 Å². The number of imidazole rings is 1. The molecule has 2 N–H and O–H groups in total. The number of carbonyl (C=O) groups excluding carboxylic acids is 1. The number of nitrogens with one attached hydrogen (secondary N) is 2. The number of rotatable bonds is 5. The summed E-state index contributed by atoms with van der Waals surface area (Å²) in [5, 5.41) is 0.228. The fourth-order valence-corrected chi connectivity index (χ4v) is 3.51. The Morgan fingerprint density at radius 1 is 1.43 bits per heavy atom. The zero-order valence-corrected chi connectivity index (χ0v) is 13.5. The summed E-state index contributed by atoms with van der Waals surface area (Å²) < 4.78 is 32.2. The molecule has 3 rings (SSSR count). The Bertz CT molecular complexity index is 815. The van der Waals surface area contributed by atoms with Crippen LogP contribution in [-0.2, 0) is 14.8 Å². The minimum atomic E-state index is -3.88. The number of Topliss-reactive ketones (excluding diaryl/α,β-unsaturated/α-hetero) is 1. The molecular weight excluding hydrogens is 342 g/mol. The van der Waals surface area contributed by atoms with Gasteiger partial charge >= 0.3 is 0 Å². The second-order valence-corrected chi connectivity index (χ2v) is 7.22. The molecule has 2 heterocycles. The van der Waals surface area contributed by atoms with Crippen LogP contribution in [0, 0.1) is 5.92 Å². The SMILES string of the molecule is O=C(c1ccc(Cl)cc1NS(=O)(=O)c1cnc[nH]1)C1CCOC1. The molecule has 1 aromatic carbocycles. The van der Waals surface area contributed by atoms with E-state index in [1.54, 1.807) is 6.07 Å². The van der Waals surface area contributed by atoms with E-state index in [-0.39, 0.29) is 28.0 Å². The van der Waals surface area contributed by atoms with Gasteiger partial charge in [-0.25, -0.2) is 4.98 Å². The summed E-state index contributed by atoms with van der Waals surface area (Å²) in [6, 6.07) is 4.49. The van der Waals surface area contributed by atoms with Crippen LogP contribution in [-0.4, -0.2) is 37.4 Å². The predicted octanol–water partition coefficient (Wildman–Crippen LogP) is 2.08. The van der Waals surface area contributed by atoms with Gasteiger partial charge in [0, 0.05) is 23.1 Å². The molecule has 0 spiro atoms. The molecule has 0 aliphatic carbocycles. The van der Waals surface area contributed by atoms with E-state index in [2.05, 4.69) is 14.7 Å². The van der Waals surface area contributed by atoms with E-state index in [1.165, 1.54) is 24.7 Å². The van der Waals surface area contributed by atoms with Crippen molar-refractivity contribution < 1.29 is 17.9 Å². The van der Waals surface area contributed by atoms with E-state index in [4.69, 9.17) is 16.3 Å². The topological polar surface area (TPSA) is 101 Å². The van der Waals surface area contributed by atoms with Crippen molar-refractivity contribution in [2.24, 2.45) is 5.92 Å². The van der Waals surface area contributed by atoms with E-state index >= 15 is 0 Å². The standard InChI is InChI=1S/C14H14ClN3O4S/c15-10-1-2-11(14(19)9-3-4-22-7-9)12(5-10)18-23(20,21)13-6-16-8-17-13/h1-2,5-6,8-9,18H,3-4,7H2,(H,16,17). The number of nitrogens with zero attached hydrogens (tertiary/aromatic N) is 1. The number of ketones is 1. The summed E-state index contributed by atoms with van der Waals surface area (Å²) >= 11 is 5.94. The van der Waals surface area contributed by atoms with Crippen LogP contribution in [0.4, 0.5) is 5.69 Å². The van der Waals surface area contributed by atoms with Gasteiger partial charge in [-0.05, 0) is 24.6 Å². The van der Waals surface area contributed by atoms with Gasteiger partial charge in [0.1, 0.15) is 0 Å². The van der Waals surface area contributed by atoms with Gasteiger partial charge in [0.25, 0.3) is 10.0 Å². The van der Waals surface area contributed by atoms with Crippen molar-refractivity contribution in [3.63, 3.8) is 0 Å². The maximum absolute atomic E-state index is 12.6. The quantitative estimate of drug-likeness (QED) is 0.799. The maximum Gasteiger partial charge on any atom is 0.278 e. The number of benzene rings is 1. The first-order valence-electron chi connectivity index (χ1n) is 6.90. The van der Waals surface area contributed by atoms with Crippen molar-refractivity contribution in [2.75, 3.05) is 17.9 Å². The molecule has 1 saturated heterocycles. The predicted molar refractivity (Wildman–Crippen MR) is 84.1 cm³/mol. The Morgan fingerprint density at radius 2 is 2.26 bits per heavy atom. The van der Waals surface area contributed by atoms with Crippen LogP contribution in [0.15, 0.2) is 35.7 Å². The number of carbonyl (C=O) groups is 1. The highest BCUT2D eigenvalue weighted by atomic mass is 35.5. The highest BCUT2D eigenvalue weighted by molar-refractivity contribution is 7.92. The lowest BCUT2D eigenvalue weighted by atomic mass is 9.96. The zero-order chi connectivity index (χ0) is 16.4. The minimum Gasteiger partial charge on any atom is -0.381 e. The lowest BCUT2D eigenvalue weighted by molar-refractivity contribution is 0.0901. The Kier molecular flexibility index (Phi) is 4.38. The van der Waals surface area contributed by atoms with E-state index < -0.39 is 10.0 Å². The Labute approximate surface area is 138 Å². The summed E-state index contributed by atoms with van der Waals surface area (Å²) in [6.07, 6.45) is 3.06. The molecule has 1 aliphatic heterocycles. The molecular formula is C14H14ClN3O4S. The third kappa shape index (κ3) is 3.39. The monoisotopic (exact) mass is 355 g/mol. The summed E-state index contributed by atoms with van der Waals surface area (Å²) in [4.78, 5) is 18.8. The Balaban J connectivity index is 1.95. The fourth-order valence-electron chi connectivity index (χ4n) is 2.37. The lowest BCUT2D eigenvalue weighted by Crippen LogP contribution is -2.19. The van der Waals surface area contributed by atoms with Crippen LogP contribution in [0.5, 0.6) is 0 Å². The summed E-state index contributed by atoms with van der Waals surface area (Å²) in [7, 11) is -3.88. The van der Waals surface area contributed by atoms with Crippen LogP contribution in [0.3, 0.4) is 0 Å². The fraction of sp³-hybridized carbons (Fsp3) is 0.286. The van der Waals surface area contributed by atoms with E-state index in [1.807, 2.05) is 0 Å². The van der Waals surface area contributed by atoms with Crippen molar-refractivity contribution in [2.45, 2.75) is 11.4 Å². The molecule has 7 nitrogen and oxygen atoms in total. The number of H-pyrrole nitrogens is 1. The average molecular weight is 356 g/mol. The van der Waals surface area contributed by atoms with Gasteiger partial charge in [-0.3, -0.25) is 9.52 Å². The van der Waals surface area contributed by atoms with Gasteiger partial charge < -0.3 is 9.72 Å². The van der Waals surface area contributed by atoms with Crippen molar-refractivity contribution in [3.05, 3.63) is 41.3 Å². The third-order valence-corrected chi connectivity index (χ3v) is 5.08. The smallest absolute Gasteiger partial charge is 0.278 e. The number of hydrogen-bond donors (Lipinski definition) is 2. The molecule has 1 aromatic heterocycles. The molecule has 1 fully saturated rings. The first-order valence-corrected chi connectivity index (χ1v) is 8.76. The summed E-state index contributed by atoms with van der Waals surface area (Å²) in [5.41, 5.74) is 0.414. The van der Waals surface area contributed by atoms with Crippen molar-refractivity contribution in [1.29, 1.82) is 0 Å². The lowest BCUT2D eigenvalue weighted by Gasteiger charge is -2.14. The third-order valence-electron chi connectivity index (χ3n) is 3.55.